The molecule has 1 aliphatic rings. The molecule has 158 valence electrons. The van der Waals surface area contributed by atoms with E-state index in [0.29, 0.717) is 5.92 Å². The number of rotatable bonds is 9. The Bertz CT molecular complexity index is 724. The smallest absolute Gasteiger partial charge is 0.0629 e. The highest BCUT2D eigenvalue weighted by atomic mass is 16.5. The summed E-state index contributed by atoms with van der Waals surface area (Å²) < 4.78 is 5.99. The standard InChI is InChI=1S/C26H38N2O/c1-26(2)19-24(15-17-29-26)23(18-21-8-6-5-7-9-21)14-16-27-20-22-10-12-25(13-11-22)28(3)4/h5-13,23-24,27H,14-20H2,1-4H3. The van der Waals surface area contributed by atoms with E-state index in [1.54, 1.807) is 0 Å². The lowest BCUT2D eigenvalue weighted by molar-refractivity contribution is -0.0830. The minimum atomic E-state index is 0.0134. The van der Waals surface area contributed by atoms with Gasteiger partial charge in [0.15, 0.2) is 0 Å². The first kappa shape index (κ1) is 21.9. The zero-order valence-electron chi connectivity index (χ0n) is 18.7. The molecule has 0 spiro atoms. The van der Waals surface area contributed by atoms with Gasteiger partial charge in [-0.1, -0.05) is 42.5 Å². The average Bonchev–Trinajstić information content (AvgIpc) is 2.70. The van der Waals surface area contributed by atoms with Crippen LogP contribution in [0.25, 0.3) is 0 Å². The van der Waals surface area contributed by atoms with Gasteiger partial charge in [-0.25, -0.2) is 0 Å². The van der Waals surface area contributed by atoms with Crippen LogP contribution in [0.3, 0.4) is 0 Å². The van der Waals surface area contributed by atoms with Crippen molar-refractivity contribution in [2.75, 3.05) is 32.1 Å². The van der Waals surface area contributed by atoms with Crippen LogP contribution in [0, 0.1) is 11.8 Å². The van der Waals surface area contributed by atoms with Gasteiger partial charge in [-0.15, -0.1) is 0 Å². The quantitative estimate of drug-likeness (QED) is 0.584. The van der Waals surface area contributed by atoms with Gasteiger partial charge in [-0.2, -0.15) is 0 Å². The zero-order chi connectivity index (χ0) is 20.7. The lowest BCUT2D eigenvalue weighted by atomic mass is 9.75. The summed E-state index contributed by atoms with van der Waals surface area (Å²) in [7, 11) is 4.16. The SMILES string of the molecule is CN(C)c1ccc(CNCCC(Cc2ccccc2)C2CCOC(C)(C)C2)cc1. The Morgan fingerprint density at radius 1 is 1.03 bits per heavy atom. The highest BCUT2D eigenvalue weighted by Crippen LogP contribution is 2.36. The molecule has 0 radical (unpaired) electrons. The van der Waals surface area contributed by atoms with Crippen LogP contribution in [0.1, 0.15) is 44.2 Å². The van der Waals surface area contributed by atoms with Crippen molar-refractivity contribution in [1.82, 2.24) is 5.32 Å². The summed E-state index contributed by atoms with van der Waals surface area (Å²) in [5.41, 5.74) is 4.07. The molecule has 2 aromatic rings. The molecule has 3 nitrogen and oxygen atoms in total. The molecule has 3 rings (SSSR count). The molecule has 1 N–H and O–H groups in total. The molecule has 2 atom stereocenters. The minimum absolute atomic E-state index is 0.0134. The van der Waals surface area contributed by atoms with Crippen LogP contribution in [0.5, 0.6) is 0 Å². The Morgan fingerprint density at radius 3 is 2.41 bits per heavy atom. The number of hydrogen-bond acceptors (Lipinski definition) is 3. The molecule has 2 unspecified atom stereocenters. The van der Waals surface area contributed by atoms with Crippen LogP contribution in [0.4, 0.5) is 5.69 Å². The van der Waals surface area contributed by atoms with Gasteiger partial charge in [0.2, 0.25) is 0 Å². The Hall–Kier alpha value is -1.84. The molecule has 0 saturated carbocycles. The molecule has 0 amide bonds. The third kappa shape index (κ3) is 6.87. The van der Waals surface area contributed by atoms with E-state index in [1.165, 1.54) is 36.1 Å². The summed E-state index contributed by atoms with van der Waals surface area (Å²) >= 11 is 0. The second-order valence-electron chi connectivity index (χ2n) is 9.34. The molecule has 3 heteroatoms. The fourth-order valence-corrected chi connectivity index (χ4v) is 4.53. The summed E-state index contributed by atoms with van der Waals surface area (Å²) in [5.74, 6) is 1.43. The fraction of sp³-hybridized carbons (Fsp3) is 0.538. The maximum atomic E-state index is 5.99. The summed E-state index contributed by atoms with van der Waals surface area (Å²) in [6.07, 6.45) is 4.73. The van der Waals surface area contributed by atoms with Crippen molar-refractivity contribution in [3.8, 4) is 0 Å². The Labute approximate surface area is 177 Å². The molecule has 1 heterocycles. The number of hydrogen-bond donors (Lipinski definition) is 1. The van der Waals surface area contributed by atoms with Crippen LogP contribution < -0.4 is 10.2 Å². The monoisotopic (exact) mass is 394 g/mol. The first-order chi connectivity index (χ1) is 13.9. The summed E-state index contributed by atoms with van der Waals surface area (Å²) in [6.45, 7) is 7.38. The number of anilines is 1. The molecular formula is C26H38N2O. The van der Waals surface area contributed by atoms with Crippen molar-refractivity contribution in [3.63, 3.8) is 0 Å². The molecule has 0 aliphatic carbocycles. The number of nitrogens with zero attached hydrogens (tertiary/aromatic N) is 1. The van der Waals surface area contributed by atoms with Gasteiger partial charge in [-0.3, -0.25) is 0 Å². The maximum Gasteiger partial charge on any atom is 0.0629 e. The molecule has 2 aromatic carbocycles. The van der Waals surface area contributed by atoms with Crippen LogP contribution >= 0.6 is 0 Å². The second kappa shape index (κ2) is 10.3. The van der Waals surface area contributed by atoms with E-state index in [2.05, 4.69) is 92.8 Å². The van der Waals surface area contributed by atoms with Gasteiger partial charge in [0.25, 0.3) is 0 Å². The Balaban J connectivity index is 1.55. The predicted molar refractivity (Wildman–Crippen MR) is 123 cm³/mol. The van der Waals surface area contributed by atoms with E-state index in [4.69, 9.17) is 4.74 Å². The van der Waals surface area contributed by atoms with E-state index in [9.17, 15) is 0 Å². The fourth-order valence-electron chi connectivity index (χ4n) is 4.53. The van der Waals surface area contributed by atoms with E-state index < -0.39 is 0 Å². The summed E-state index contributed by atoms with van der Waals surface area (Å²) in [6, 6.07) is 19.8. The molecular weight excluding hydrogens is 356 g/mol. The Morgan fingerprint density at radius 2 is 1.76 bits per heavy atom. The van der Waals surface area contributed by atoms with Gasteiger partial charge in [0.1, 0.15) is 0 Å². The van der Waals surface area contributed by atoms with Crippen LogP contribution in [-0.2, 0) is 17.7 Å². The van der Waals surface area contributed by atoms with Crippen molar-refractivity contribution >= 4 is 5.69 Å². The highest BCUT2D eigenvalue weighted by molar-refractivity contribution is 5.45. The molecule has 0 aromatic heterocycles. The van der Waals surface area contributed by atoms with Crippen LogP contribution in [0.2, 0.25) is 0 Å². The van der Waals surface area contributed by atoms with Gasteiger partial charge >= 0.3 is 0 Å². The lowest BCUT2D eigenvalue weighted by Gasteiger charge is -2.39. The topological polar surface area (TPSA) is 24.5 Å². The number of nitrogens with one attached hydrogen (secondary N) is 1. The van der Waals surface area contributed by atoms with Crippen molar-refractivity contribution in [1.29, 1.82) is 0 Å². The van der Waals surface area contributed by atoms with Gasteiger partial charge in [0, 0.05) is 32.9 Å². The van der Waals surface area contributed by atoms with Crippen LogP contribution in [0.15, 0.2) is 54.6 Å². The van der Waals surface area contributed by atoms with Gasteiger partial charge in [0.05, 0.1) is 5.60 Å². The number of ether oxygens (including phenoxy) is 1. The van der Waals surface area contributed by atoms with Crippen molar-refractivity contribution < 1.29 is 4.74 Å². The van der Waals surface area contributed by atoms with Crippen molar-refractivity contribution in [3.05, 3.63) is 65.7 Å². The zero-order valence-corrected chi connectivity index (χ0v) is 18.7. The third-order valence-electron chi connectivity index (χ3n) is 6.22. The minimum Gasteiger partial charge on any atom is -0.378 e. The van der Waals surface area contributed by atoms with E-state index in [0.717, 1.165) is 32.0 Å². The third-order valence-corrected chi connectivity index (χ3v) is 6.22. The number of benzene rings is 2. The first-order valence-electron chi connectivity index (χ1n) is 11.1. The normalized spacial score (nSPS) is 19.7. The second-order valence-corrected chi connectivity index (χ2v) is 9.34. The highest BCUT2D eigenvalue weighted by Gasteiger charge is 2.33. The van der Waals surface area contributed by atoms with E-state index >= 15 is 0 Å². The van der Waals surface area contributed by atoms with Gasteiger partial charge in [-0.05, 0) is 81.2 Å². The molecule has 1 fully saturated rings. The average molecular weight is 395 g/mol. The molecule has 1 saturated heterocycles. The first-order valence-corrected chi connectivity index (χ1v) is 11.1. The molecule has 29 heavy (non-hydrogen) atoms. The molecule has 0 bridgehead atoms. The summed E-state index contributed by atoms with van der Waals surface area (Å²) in [5, 5.41) is 3.68. The summed E-state index contributed by atoms with van der Waals surface area (Å²) in [4.78, 5) is 2.14. The molecule has 1 aliphatic heterocycles. The predicted octanol–water partition coefficient (Wildman–Crippen LogP) is 5.30. The van der Waals surface area contributed by atoms with Crippen molar-refractivity contribution in [2.45, 2.75) is 51.7 Å². The van der Waals surface area contributed by atoms with Crippen LogP contribution in [-0.4, -0.2) is 32.8 Å². The lowest BCUT2D eigenvalue weighted by Crippen LogP contribution is -2.38. The largest absolute Gasteiger partial charge is 0.378 e. The maximum absolute atomic E-state index is 5.99. The Kier molecular flexibility index (Phi) is 7.74. The van der Waals surface area contributed by atoms with E-state index in [1.807, 2.05) is 0 Å². The van der Waals surface area contributed by atoms with Gasteiger partial charge < -0.3 is 15.0 Å². The van der Waals surface area contributed by atoms with E-state index in [-0.39, 0.29) is 5.60 Å². The van der Waals surface area contributed by atoms with Crippen molar-refractivity contribution in [2.24, 2.45) is 11.8 Å².